The molecular weight excluding hydrogens is 206 g/mol. The van der Waals surface area contributed by atoms with Gasteiger partial charge < -0.3 is 10.1 Å². The number of nitrogens with one attached hydrogen (secondary N) is 1. The van der Waals surface area contributed by atoms with Crippen molar-refractivity contribution in [2.75, 3.05) is 25.2 Å². The molecule has 0 amide bonds. The Bertz CT molecular complexity index is 175. The maximum absolute atomic E-state index is 5.41. The lowest BCUT2D eigenvalue weighted by molar-refractivity contribution is 0.0592. The van der Waals surface area contributed by atoms with Crippen molar-refractivity contribution >= 4 is 11.8 Å². The van der Waals surface area contributed by atoms with E-state index in [0.717, 1.165) is 12.3 Å². The number of hydrogen-bond acceptors (Lipinski definition) is 3. The maximum Gasteiger partial charge on any atom is 0.0586 e. The van der Waals surface area contributed by atoms with Crippen molar-refractivity contribution in [3.8, 4) is 0 Å². The van der Waals surface area contributed by atoms with Crippen LogP contribution in [0, 0.1) is 0 Å². The van der Waals surface area contributed by atoms with Crippen molar-refractivity contribution in [2.45, 2.75) is 37.8 Å². The highest BCUT2D eigenvalue weighted by molar-refractivity contribution is 7.99. The Morgan fingerprint density at radius 2 is 2.40 bits per heavy atom. The number of ether oxygens (including phenoxy) is 1. The average Bonchev–Trinajstić information content (AvgIpc) is 2.29. The van der Waals surface area contributed by atoms with Gasteiger partial charge in [-0.2, -0.15) is 11.8 Å². The summed E-state index contributed by atoms with van der Waals surface area (Å²) in [4.78, 5) is 0. The highest BCUT2D eigenvalue weighted by Crippen LogP contribution is 2.20. The predicted molar refractivity (Wildman–Crippen MR) is 68.6 cm³/mol. The zero-order valence-electron chi connectivity index (χ0n) is 9.71. The summed E-state index contributed by atoms with van der Waals surface area (Å²) >= 11 is 1.94. The van der Waals surface area contributed by atoms with Gasteiger partial charge in [-0.05, 0) is 25.7 Å². The molecule has 1 aliphatic carbocycles. The molecule has 0 spiro atoms. The molecule has 0 aromatic heterocycles. The van der Waals surface area contributed by atoms with Crippen LogP contribution in [0.2, 0.25) is 0 Å². The summed E-state index contributed by atoms with van der Waals surface area (Å²) in [6, 6.07) is 0.674. The van der Waals surface area contributed by atoms with E-state index in [1.54, 1.807) is 0 Å². The lowest BCUT2D eigenvalue weighted by Crippen LogP contribution is -2.37. The molecule has 1 N–H and O–H groups in total. The van der Waals surface area contributed by atoms with E-state index in [1.807, 2.05) is 24.9 Å². The third kappa shape index (κ3) is 5.59. The molecular formula is C12H23NOS. The molecule has 0 bridgehead atoms. The van der Waals surface area contributed by atoms with Gasteiger partial charge in [-0.3, -0.25) is 0 Å². The molecule has 2 nitrogen and oxygen atoms in total. The molecule has 1 saturated carbocycles. The van der Waals surface area contributed by atoms with E-state index in [9.17, 15) is 0 Å². The molecule has 0 radical (unpaired) electrons. The third-order valence-corrected chi connectivity index (χ3v) is 3.84. The summed E-state index contributed by atoms with van der Waals surface area (Å²) in [6.07, 6.45) is 7.48. The van der Waals surface area contributed by atoms with Crippen molar-refractivity contribution in [1.82, 2.24) is 5.32 Å². The first-order valence-electron chi connectivity index (χ1n) is 5.81. The second-order valence-corrected chi connectivity index (χ2v) is 5.19. The minimum Gasteiger partial charge on any atom is -0.381 e. The molecule has 2 unspecified atom stereocenters. The lowest BCUT2D eigenvalue weighted by atomic mass is 9.93. The van der Waals surface area contributed by atoms with Gasteiger partial charge in [0, 0.05) is 31.2 Å². The van der Waals surface area contributed by atoms with Crippen LogP contribution in [0.4, 0.5) is 0 Å². The Balaban J connectivity index is 2.02. The Morgan fingerprint density at radius 1 is 1.53 bits per heavy atom. The SMILES string of the molecule is C=CCSCCNC1CCCC(OC)C1. The highest BCUT2D eigenvalue weighted by atomic mass is 32.2. The van der Waals surface area contributed by atoms with Gasteiger partial charge in [0.25, 0.3) is 0 Å². The first kappa shape index (κ1) is 13.1. The largest absolute Gasteiger partial charge is 0.381 e. The fraction of sp³-hybridized carbons (Fsp3) is 0.833. The van der Waals surface area contributed by atoms with E-state index in [0.29, 0.717) is 12.1 Å². The molecule has 0 aromatic carbocycles. The van der Waals surface area contributed by atoms with Crippen molar-refractivity contribution in [2.24, 2.45) is 0 Å². The summed E-state index contributed by atoms with van der Waals surface area (Å²) in [5.41, 5.74) is 0. The number of rotatable bonds is 7. The predicted octanol–water partition coefficient (Wildman–Crippen LogP) is 2.45. The summed E-state index contributed by atoms with van der Waals surface area (Å²) in [5.74, 6) is 2.24. The maximum atomic E-state index is 5.41. The summed E-state index contributed by atoms with van der Waals surface area (Å²) < 4.78 is 5.41. The molecule has 1 rings (SSSR count). The Labute approximate surface area is 97.8 Å². The zero-order valence-corrected chi connectivity index (χ0v) is 10.5. The molecule has 0 aromatic rings. The quantitative estimate of drug-likeness (QED) is 0.535. The second kappa shape index (κ2) is 8.20. The van der Waals surface area contributed by atoms with Crippen LogP contribution in [-0.4, -0.2) is 37.3 Å². The van der Waals surface area contributed by atoms with Gasteiger partial charge in [0.1, 0.15) is 0 Å². The van der Waals surface area contributed by atoms with Gasteiger partial charge in [-0.1, -0.05) is 6.08 Å². The van der Waals surface area contributed by atoms with Gasteiger partial charge in [0.05, 0.1) is 6.10 Å². The molecule has 3 heteroatoms. The Hall–Kier alpha value is 0.01000. The number of hydrogen-bond donors (Lipinski definition) is 1. The molecule has 1 aliphatic rings. The minimum atomic E-state index is 0.483. The number of methoxy groups -OCH3 is 1. The van der Waals surface area contributed by atoms with Crippen LogP contribution < -0.4 is 5.32 Å². The normalized spacial score (nSPS) is 26.5. The van der Waals surface area contributed by atoms with E-state index < -0.39 is 0 Å². The first-order valence-corrected chi connectivity index (χ1v) is 6.97. The topological polar surface area (TPSA) is 21.3 Å². The number of thioether (sulfide) groups is 1. The average molecular weight is 229 g/mol. The van der Waals surface area contributed by atoms with Crippen LogP contribution in [0.5, 0.6) is 0 Å². The molecule has 0 aliphatic heterocycles. The molecule has 0 heterocycles. The standard InChI is InChI=1S/C12H23NOS/c1-3-8-15-9-7-13-11-5-4-6-12(10-11)14-2/h3,11-13H,1,4-10H2,2H3. The van der Waals surface area contributed by atoms with Crippen LogP contribution in [-0.2, 0) is 4.74 Å². The minimum absolute atomic E-state index is 0.483. The van der Waals surface area contributed by atoms with Crippen LogP contribution in [0.25, 0.3) is 0 Å². The van der Waals surface area contributed by atoms with E-state index >= 15 is 0 Å². The van der Waals surface area contributed by atoms with Crippen LogP contribution >= 0.6 is 11.8 Å². The molecule has 0 saturated heterocycles. The summed E-state index contributed by atoms with van der Waals surface area (Å²) in [6.45, 7) is 4.82. The van der Waals surface area contributed by atoms with Gasteiger partial charge >= 0.3 is 0 Å². The van der Waals surface area contributed by atoms with Crippen molar-refractivity contribution in [3.63, 3.8) is 0 Å². The summed E-state index contributed by atoms with van der Waals surface area (Å²) in [7, 11) is 1.83. The van der Waals surface area contributed by atoms with Gasteiger partial charge in [0.2, 0.25) is 0 Å². The molecule has 88 valence electrons. The van der Waals surface area contributed by atoms with Crippen molar-refractivity contribution in [1.29, 1.82) is 0 Å². The highest BCUT2D eigenvalue weighted by Gasteiger charge is 2.20. The van der Waals surface area contributed by atoms with Crippen LogP contribution in [0.3, 0.4) is 0 Å². The monoisotopic (exact) mass is 229 g/mol. The fourth-order valence-electron chi connectivity index (χ4n) is 2.05. The van der Waals surface area contributed by atoms with Crippen LogP contribution in [0.15, 0.2) is 12.7 Å². The summed E-state index contributed by atoms with van der Waals surface area (Å²) in [5, 5.41) is 3.61. The van der Waals surface area contributed by atoms with Gasteiger partial charge in [0.15, 0.2) is 0 Å². The smallest absolute Gasteiger partial charge is 0.0586 e. The second-order valence-electron chi connectivity index (χ2n) is 4.04. The van der Waals surface area contributed by atoms with E-state index in [-0.39, 0.29) is 0 Å². The van der Waals surface area contributed by atoms with Gasteiger partial charge in [-0.25, -0.2) is 0 Å². The molecule has 1 fully saturated rings. The molecule has 2 atom stereocenters. The van der Waals surface area contributed by atoms with Crippen molar-refractivity contribution in [3.05, 3.63) is 12.7 Å². The fourth-order valence-corrected chi connectivity index (χ4v) is 2.64. The third-order valence-electron chi connectivity index (χ3n) is 2.87. The van der Waals surface area contributed by atoms with E-state index in [2.05, 4.69) is 11.9 Å². The Kier molecular flexibility index (Phi) is 7.14. The van der Waals surface area contributed by atoms with Crippen molar-refractivity contribution < 1.29 is 4.74 Å². The molecule has 15 heavy (non-hydrogen) atoms. The van der Waals surface area contributed by atoms with Gasteiger partial charge in [-0.15, -0.1) is 6.58 Å². The van der Waals surface area contributed by atoms with E-state index in [4.69, 9.17) is 4.74 Å². The van der Waals surface area contributed by atoms with E-state index in [1.165, 1.54) is 31.4 Å². The Morgan fingerprint density at radius 3 is 3.13 bits per heavy atom. The lowest BCUT2D eigenvalue weighted by Gasteiger charge is -2.28. The zero-order chi connectivity index (χ0) is 10.9. The first-order chi connectivity index (χ1) is 7.36. The van der Waals surface area contributed by atoms with Crippen LogP contribution in [0.1, 0.15) is 25.7 Å².